The Balaban J connectivity index is 1.36. The molecule has 2 heterocycles. The lowest BCUT2D eigenvalue weighted by molar-refractivity contribution is -0.133. The number of hydrogen-bond acceptors (Lipinski definition) is 4. The van der Waals surface area contributed by atoms with Crippen molar-refractivity contribution in [3.63, 3.8) is 0 Å². The molecule has 0 saturated carbocycles. The number of nitrogens with two attached hydrogens (primary N) is 1. The number of piperidine rings is 2. The van der Waals surface area contributed by atoms with Crippen molar-refractivity contribution in [1.82, 2.24) is 9.80 Å². The van der Waals surface area contributed by atoms with Gasteiger partial charge in [0.2, 0.25) is 5.91 Å². The first-order chi connectivity index (χ1) is 15.9. The van der Waals surface area contributed by atoms with E-state index < -0.39 is 6.04 Å². The van der Waals surface area contributed by atoms with Gasteiger partial charge >= 0.3 is 0 Å². The number of hydrogen-bond donors (Lipinski definition) is 1. The van der Waals surface area contributed by atoms with Gasteiger partial charge in [-0.05, 0) is 87.0 Å². The van der Waals surface area contributed by atoms with E-state index in [0.29, 0.717) is 35.5 Å². The number of carbonyl (C=O) groups excluding carboxylic acids is 1. The smallest absolute Gasteiger partial charge is 0.239 e. The summed E-state index contributed by atoms with van der Waals surface area (Å²) in [5.74, 6) is 1.25. The van der Waals surface area contributed by atoms with Crippen molar-refractivity contribution in [3.8, 4) is 5.75 Å². The molecule has 2 fully saturated rings. The highest BCUT2D eigenvalue weighted by atomic mass is 35.5. The standard InChI is InChI=1S/C26H33Cl2N3O2/c1-30-12-2-3-22(17-30)33-25-16-21(28)8-9-23(25)19-10-13-31(14-11-19)26(32)24(29)15-18-4-6-20(27)7-5-18/h4-9,16,19,22,24H,2-3,10-15,17,29H2,1H3/t22-,24+/m0/s1. The average molecular weight is 490 g/mol. The molecule has 2 saturated heterocycles. The molecule has 0 bridgehead atoms. The monoisotopic (exact) mass is 489 g/mol. The second-order valence-electron chi connectivity index (χ2n) is 9.36. The Morgan fingerprint density at radius 1 is 1.06 bits per heavy atom. The number of halogens is 2. The van der Waals surface area contributed by atoms with E-state index in [-0.39, 0.29) is 12.0 Å². The number of ether oxygens (including phenoxy) is 1. The molecule has 2 N–H and O–H groups in total. The van der Waals surface area contributed by atoms with Crippen LogP contribution < -0.4 is 10.5 Å². The summed E-state index contributed by atoms with van der Waals surface area (Å²) in [5.41, 5.74) is 8.48. The fraction of sp³-hybridized carbons (Fsp3) is 0.500. The number of nitrogens with zero attached hydrogens (tertiary/aromatic N) is 2. The van der Waals surface area contributed by atoms with E-state index in [0.717, 1.165) is 50.1 Å². The van der Waals surface area contributed by atoms with Crippen LogP contribution in [0.2, 0.25) is 10.0 Å². The molecule has 2 aliphatic rings. The van der Waals surface area contributed by atoms with Gasteiger partial charge in [0.1, 0.15) is 11.9 Å². The lowest BCUT2D eigenvalue weighted by Crippen LogP contribution is -2.47. The van der Waals surface area contributed by atoms with Crippen molar-refractivity contribution in [2.75, 3.05) is 33.2 Å². The lowest BCUT2D eigenvalue weighted by Gasteiger charge is -2.35. The molecular weight excluding hydrogens is 457 g/mol. The van der Waals surface area contributed by atoms with Gasteiger partial charge in [-0.1, -0.05) is 41.4 Å². The van der Waals surface area contributed by atoms with Gasteiger partial charge in [0.05, 0.1) is 6.04 Å². The largest absolute Gasteiger partial charge is 0.489 e. The number of likely N-dealkylation sites (N-methyl/N-ethyl adjacent to an activating group) is 1. The minimum absolute atomic E-state index is 0.0150. The van der Waals surface area contributed by atoms with Crippen LogP contribution in [0.4, 0.5) is 0 Å². The highest BCUT2D eigenvalue weighted by Gasteiger charge is 2.29. The van der Waals surface area contributed by atoms with Crippen LogP contribution in [-0.2, 0) is 11.2 Å². The molecule has 2 aliphatic heterocycles. The summed E-state index contributed by atoms with van der Waals surface area (Å²) in [6, 6.07) is 13.0. The van der Waals surface area contributed by atoms with Crippen molar-refractivity contribution >= 4 is 29.1 Å². The molecule has 2 aromatic rings. The first-order valence-corrected chi connectivity index (χ1v) is 12.6. The number of benzene rings is 2. The Labute approximate surface area is 206 Å². The molecule has 0 radical (unpaired) electrons. The Morgan fingerprint density at radius 2 is 1.76 bits per heavy atom. The zero-order chi connectivity index (χ0) is 23.4. The van der Waals surface area contributed by atoms with Crippen molar-refractivity contribution in [3.05, 3.63) is 63.6 Å². The molecule has 2 atom stereocenters. The average Bonchev–Trinajstić information content (AvgIpc) is 2.80. The number of amides is 1. The fourth-order valence-corrected chi connectivity index (χ4v) is 5.24. The quantitative estimate of drug-likeness (QED) is 0.636. The molecule has 0 spiro atoms. The molecule has 1 amide bonds. The second-order valence-corrected chi connectivity index (χ2v) is 10.2. The van der Waals surface area contributed by atoms with Gasteiger partial charge in [-0.2, -0.15) is 0 Å². The summed E-state index contributed by atoms with van der Waals surface area (Å²) in [6.45, 7) is 3.46. The lowest BCUT2D eigenvalue weighted by atomic mass is 9.88. The third-order valence-corrected chi connectivity index (χ3v) is 7.27. The molecular formula is C26H33Cl2N3O2. The van der Waals surface area contributed by atoms with Gasteiger partial charge in [-0.25, -0.2) is 0 Å². The van der Waals surface area contributed by atoms with Crippen LogP contribution in [0.25, 0.3) is 0 Å². The highest BCUT2D eigenvalue weighted by Crippen LogP contribution is 2.37. The zero-order valence-corrected chi connectivity index (χ0v) is 20.7. The molecule has 0 aliphatic carbocycles. The van der Waals surface area contributed by atoms with Crippen LogP contribution in [0.3, 0.4) is 0 Å². The Hall–Kier alpha value is -1.79. The van der Waals surface area contributed by atoms with Crippen LogP contribution in [0.15, 0.2) is 42.5 Å². The maximum atomic E-state index is 12.9. The first-order valence-electron chi connectivity index (χ1n) is 11.8. The van der Waals surface area contributed by atoms with Gasteiger partial charge in [-0.15, -0.1) is 0 Å². The summed E-state index contributed by atoms with van der Waals surface area (Å²) in [7, 11) is 2.14. The molecule has 4 rings (SSSR count). The SMILES string of the molecule is CN1CCC[C@H](Oc2cc(Cl)ccc2C2CCN(C(=O)[C@H](N)Cc3ccc(Cl)cc3)CC2)C1. The van der Waals surface area contributed by atoms with Gasteiger partial charge in [-0.3, -0.25) is 4.79 Å². The summed E-state index contributed by atoms with van der Waals surface area (Å²) in [4.78, 5) is 17.2. The van der Waals surface area contributed by atoms with Crippen molar-refractivity contribution < 1.29 is 9.53 Å². The van der Waals surface area contributed by atoms with Crippen LogP contribution >= 0.6 is 23.2 Å². The molecule has 33 heavy (non-hydrogen) atoms. The van der Waals surface area contributed by atoms with Gasteiger partial charge in [0.25, 0.3) is 0 Å². The van der Waals surface area contributed by atoms with Gasteiger partial charge in [0.15, 0.2) is 0 Å². The molecule has 0 unspecified atom stereocenters. The third kappa shape index (κ3) is 6.42. The molecule has 0 aromatic heterocycles. The van der Waals surface area contributed by atoms with E-state index in [1.165, 1.54) is 5.56 Å². The topological polar surface area (TPSA) is 58.8 Å². The van der Waals surface area contributed by atoms with Crippen molar-refractivity contribution in [2.24, 2.45) is 5.73 Å². The molecule has 178 valence electrons. The van der Waals surface area contributed by atoms with Crippen molar-refractivity contribution in [2.45, 2.75) is 50.2 Å². The minimum atomic E-state index is -0.541. The molecule has 2 aromatic carbocycles. The maximum absolute atomic E-state index is 12.9. The van der Waals surface area contributed by atoms with E-state index in [1.54, 1.807) is 0 Å². The van der Waals surface area contributed by atoms with E-state index >= 15 is 0 Å². The number of likely N-dealkylation sites (tertiary alicyclic amines) is 2. The summed E-state index contributed by atoms with van der Waals surface area (Å²) in [6.07, 6.45) is 4.70. The van der Waals surface area contributed by atoms with Crippen LogP contribution in [0, 0.1) is 0 Å². The minimum Gasteiger partial charge on any atom is -0.489 e. The Kier molecular flexibility index (Phi) is 8.18. The van der Waals surface area contributed by atoms with E-state index in [2.05, 4.69) is 18.0 Å². The fourth-order valence-electron chi connectivity index (χ4n) is 4.95. The molecule has 5 nitrogen and oxygen atoms in total. The number of rotatable bonds is 6. The normalized spacial score (nSPS) is 21.1. The van der Waals surface area contributed by atoms with Gasteiger partial charge < -0.3 is 20.3 Å². The summed E-state index contributed by atoms with van der Waals surface area (Å²) < 4.78 is 6.44. The van der Waals surface area contributed by atoms with Crippen LogP contribution in [0.1, 0.15) is 42.7 Å². The first kappa shape index (κ1) is 24.3. The predicted molar refractivity (Wildman–Crippen MR) is 134 cm³/mol. The van der Waals surface area contributed by atoms with Gasteiger partial charge in [0, 0.05) is 29.7 Å². The number of carbonyl (C=O) groups is 1. The van der Waals surface area contributed by atoms with Crippen LogP contribution in [0.5, 0.6) is 5.75 Å². The van der Waals surface area contributed by atoms with E-state index in [4.69, 9.17) is 33.7 Å². The maximum Gasteiger partial charge on any atom is 0.239 e. The van der Waals surface area contributed by atoms with Crippen LogP contribution in [-0.4, -0.2) is 61.1 Å². The van der Waals surface area contributed by atoms with E-state index in [9.17, 15) is 4.79 Å². The van der Waals surface area contributed by atoms with E-state index in [1.807, 2.05) is 41.3 Å². The van der Waals surface area contributed by atoms with Crippen molar-refractivity contribution in [1.29, 1.82) is 0 Å². The summed E-state index contributed by atoms with van der Waals surface area (Å²) >= 11 is 12.3. The predicted octanol–water partition coefficient (Wildman–Crippen LogP) is 4.74. The molecule has 7 heteroatoms. The Bertz CT molecular complexity index is 945. The second kappa shape index (κ2) is 11.1. The Morgan fingerprint density at radius 3 is 2.45 bits per heavy atom. The zero-order valence-electron chi connectivity index (χ0n) is 19.2. The summed E-state index contributed by atoms with van der Waals surface area (Å²) in [5, 5.41) is 1.38. The third-order valence-electron chi connectivity index (χ3n) is 6.78. The highest BCUT2D eigenvalue weighted by molar-refractivity contribution is 6.30.